The minimum Gasteiger partial charge on any atom is -0.449 e. The molecule has 1 aliphatic rings. The third kappa shape index (κ3) is 4.18. The van der Waals surface area contributed by atoms with E-state index in [1.807, 2.05) is 0 Å². The number of nitrogen functional groups attached to an aromatic ring is 1. The van der Waals surface area contributed by atoms with Gasteiger partial charge in [0, 0.05) is 12.1 Å². The fourth-order valence-corrected chi connectivity index (χ4v) is 2.50. The van der Waals surface area contributed by atoms with Gasteiger partial charge in [0.25, 0.3) is 11.6 Å². The molecule has 124 valence electrons. The monoisotopic (exact) mass is 321 g/mol. The molecule has 0 saturated heterocycles. The molecule has 0 radical (unpaired) electrons. The van der Waals surface area contributed by atoms with Crippen molar-refractivity contribution in [3.05, 3.63) is 33.9 Å². The van der Waals surface area contributed by atoms with Crippen molar-refractivity contribution in [1.82, 2.24) is 5.32 Å². The number of hydrogen-bond donors (Lipinski definition) is 2. The fraction of sp³-hybridized carbons (Fsp3) is 0.467. The van der Waals surface area contributed by atoms with Crippen LogP contribution in [0.25, 0.3) is 0 Å². The van der Waals surface area contributed by atoms with E-state index in [0.29, 0.717) is 0 Å². The SMILES string of the molecule is C[C@H](OC(=O)c1ccc(N)c([N+](=O)[O-])c1)C(=O)NC1CCCC1. The number of esters is 1. The molecule has 0 aromatic heterocycles. The first-order valence-electron chi connectivity index (χ1n) is 7.43. The average molecular weight is 321 g/mol. The van der Waals surface area contributed by atoms with Crippen LogP contribution in [0.3, 0.4) is 0 Å². The van der Waals surface area contributed by atoms with Crippen LogP contribution in [0.15, 0.2) is 18.2 Å². The third-order valence-corrected chi connectivity index (χ3v) is 3.82. The number of nitrogens with zero attached hydrogens (tertiary/aromatic N) is 1. The first-order valence-corrected chi connectivity index (χ1v) is 7.43. The first kappa shape index (κ1) is 16.7. The van der Waals surface area contributed by atoms with E-state index in [1.54, 1.807) is 0 Å². The highest BCUT2D eigenvalue weighted by Crippen LogP contribution is 2.23. The smallest absolute Gasteiger partial charge is 0.339 e. The van der Waals surface area contributed by atoms with Crippen LogP contribution >= 0.6 is 0 Å². The van der Waals surface area contributed by atoms with E-state index in [1.165, 1.54) is 19.1 Å². The van der Waals surface area contributed by atoms with Gasteiger partial charge in [-0.1, -0.05) is 12.8 Å². The quantitative estimate of drug-likeness (QED) is 0.368. The normalized spacial score (nSPS) is 15.9. The Hall–Kier alpha value is -2.64. The van der Waals surface area contributed by atoms with Gasteiger partial charge in [0.1, 0.15) is 5.69 Å². The molecule has 1 amide bonds. The Kier molecular flexibility index (Phi) is 5.15. The van der Waals surface area contributed by atoms with E-state index in [0.717, 1.165) is 31.7 Å². The molecule has 1 aromatic carbocycles. The maximum Gasteiger partial charge on any atom is 0.339 e. The van der Waals surface area contributed by atoms with Crippen LogP contribution in [0, 0.1) is 10.1 Å². The van der Waals surface area contributed by atoms with Gasteiger partial charge in [-0.15, -0.1) is 0 Å². The first-order chi connectivity index (χ1) is 10.9. The highest BCUT2D eigenvalue weighted by molar-refractivity contribution is 5.93. The van der Waals surface area contributed by atoms with E-state index in [4.69, 9.17) is 10.5 Å². The molecule has 8 heteroatoms. The van der Waals surface area contributed by atoms with Crippen LogP contribution in [0.1, 0.15) is 43.0 Å². The van der Waals surface area contributed by atoms with Crippen LogP contribution in [0.2, 0.25) is 0 Å². The number of nitro groups is 1. The predicted octanol–water partition coefficient (Wildman–Crippen LogP) is 1.78. The van der Waals surface area contributed by atoms with Gasteiger partial charge in [-0.2, -0.15) is 0 Å². The Labute approximate surface area is 133 Å². The van der Waals surface area contributed by atoms with Crippen molar-refractivity contribution in [2.75, 3.05) is 5.73 Å². The number of anilines is 1. The van der Waals surface area contributed by atoms with Crippen molar-refractivity contribution in [3.8, 4) is 0 Å². The number of ether oxygens (including phenoxy) is 1. The van der Waals surface area contributed by atoms with E-state index >= 15 is 0 Å². The van der Waals surface area contributed by atoms with Gasteiger partial charge in [-0.25, -0.2) is 4.79 Å². The lowest BCUT2D eigenvalue weighted by atomic mass is 10.1. The van der Waals surface area contributed by atoms with Crippen molar-refractivity contribution in [2.24, 2.45) is 0 Å². The highest BCUT2D eigenvalue weighted by atomic mass is 16.6. The van der Waals surface area contributed by atoms with Gasteiger partial charge < -0.3 is 15.8 Å². The third-order valence-electron chi connectivity index (χ3n) is 3.82. The Morgan fingerprint density at radius 3 is 2.65 bits per heavy atom. The number of carbonyl (C=O) groups is 2. The van der Waals surface area contributed by atoms with Crippen molar-refractivity contribution < 1.29 is 19.2 Å². The zero-order chi connectivity index (χ0) is 17.0. The maximum atomic E-state index is 12.0. The Morgan fingerprint density at radius 2 is 2.04 bits per heavy atom. The van der Waals surface area contributed by atoms with Crippen LogP contribution in [0.5, 0.6) is 0 Å². The summed E-state index contributed by atoms with van der Waals surface area (Å²) in [4.78, 5) is 34.1. The molecule has 8 nitrogen and oxygen atoms in total. The lowest BCUT2D eigenvalue weighted by molar-refractivity contribution is -0.383. The summed E-state index contributed by atoms with van der Waals surface area (Å²) in [5.41, 5.74) is 5.04. The predicted molar refractivity (Wildman–Crippen MR) is 82.8 cm³/mol. The van der Waals surface area contributed by atoms with Crippen LogP contribution in [0.4, 0.5) is 11.4 Å². The molecule has 0 heterocycles. The van der Waals surface area contributed by atoms with Crippen molar-refractivity contribution in [2.45, 2.75) is 44.8 Å². The number of amides is 1. The second-order valence-electron chi connectivity index (χ2n) is 5.57. The Balaban J connectivity index is 1.99. The summed E-state index contributed by atoms with van der Waals surface area (Å²) in [6.07, 6.45) is 3.04. The van der Waals surface area contributed by atoms with Gasteiger partial charge in [0.2, 0.25) is 0 Å². The number of rotatable bonds is 5. The molecule has 23 heavy (non-hydrogen) atoms. The van der Waals surface area contributed by atoms with Crippen LogP contribution in [-0.4, -0.2) is 28.9 Å². The summed E-state index contributed by atoms with van der Waals surface area (Å²) in [5.74, 6) is -1.17. The molecule has 1 fully saturated rings. The number of hydrogen-bond acceptors (Lipinski definition) is 6. The largest absolute Gasteiger partial charge is 0.449 e. The second-order valence-corrected chi connectivity index (χ2v) is 5.57. The number of carbonyl (C=O) groups excluding carboxylic acids is 2. The summed E-state index contributed by atoms with van der Waals surface area (Å²) in [6, 6.07) is 3.75. The maximum absolute atomic E-state index is 12.0. The second kappa shape index (κ2) is 7.08. The molecule has 3 N–H and O–H groups in total. The van der Waals surface area contributed by atoms with Gasteiger partial charge in [0.05, 0.1) is 10.5 Å². The van der Waals surface area contributed by atoms with E-state index in [-0.39, 0.29) is 28.9 Å². The molecule has 1 aliphatic carbocycles. The summed E-state index contributed by atoms with van der Waals surface area (Å²) in [5, 5.41) is 13.7. The molecule has 1 aromatic rings. The molecule has 0 spiro atoms. The van der Waals surface area contributed by atoms with Crippen LogP contribution in [-0.2, 0) is 9.53 Å². The number of nitro benzene ring substituents is 1. The Bertz CT molecular complexity index is 626. The summed E-state index contributed by atoms with van der Waals surface area (Å²) in [6.45, 7) is 1.47. The minimum atomic E-state index is -0.972. The van der Waals surface area contributed by atoms with E-state index in [2.05, 4.69) is 5.32 Å². The zero-order valence-electron chi connectivity index (χ0n) is 12.8. The molecular formula is C15H19N3O5. The van der Waals surface area contributed by atoms with Gasteiger partial charge in [0.15, 0.2) is 6.10 Å². The molecular weight excluding hydrogens is 302 g/mol. The minimum absolute atomic E-state index is 0.0218. The van der Waals surface area contributed by atoms with Crippen molar-refractivity contribution >= 4 is 23.3 Å². The lowest BCUT2D eigenvalue weighted by Crippen LogP contribution is -2.40. The lowest BCUT2D eigenvalue weighted by Gasteiger charge is -2.17. The van der Waals surface area contributed by atoms with E-state index in [9.17, 15) is 19.7 Å². The van der Waals surface area contributed by atoms with Crippen LogP contribution < -0.4 is 11.1 Å². The molecule has 0 bridgehead atoms. The zero-order valence-corrected chi connectivity index (χ0v) is 12.8. The topological polar surface area (TPSA) is 125 Å². The molecule has 1 saturated carbocycles. The number of nitrogens with two attached hydrogens (primary N) is 1. The number of nitrogens with one attached hydrogen (secondary N) is 1. The highest BCUT2D eigenvalue weighted by Gasteiger charge is 2.24. The summed E-state index contributed by atoms with van der Waals surface area (Å²) in [7, 11) is 0. The summed E-state index contributed by atoms with van der Waals surface area (Å²) < 4.78 is 5.07. The van der Waals surface area contributed by atoms with Crippen molar-refractivity contribution in [1.29, 1.82) is 0 Å². The molecule has 2 rings (SSSR count). The molecule has 1 atom stereocenters. The average Bonchev–Trinajstić information content (AvgIpc) is 3.00. The van der Waals surface area contributed by atoms with Gasteiger partial charge in [-0.05, 0) is 31.9 Å². The fourth-order valence-electron chi connectivity index (χ4n) is 2.50. The standard InChI is InChI=1S/C15H19N3O5/c1-9(14(19)17-11-4-2-3-5-11)23-15(20)10-6-7-12(16)13(8-10)18(21)22/h6-9,11H,2-5,16H2,1H3,(H,17,19)/t9-/m0/s1. The molecule has 0 unspecified atom stereocenters. The Morgan fingerprint density at radius 1 is 1.39 bits per heavy atom. The molecule has 0 aliphatic heterocycles. The number of benzene rings is 1. The van der Waals surface area contributed by atoms with Gasteiger partial charge in [-0.3, -0.25) is 14.9 Å². The van der Waals surface area contributed by atoms with Crippen molar-refractivity contribution in [3.63, 3.8) is 0 Å². The van der Waals surface area contributed by atoms with E-state index < -0.39 is 17.0 Å². The summed E-state index contributed by atoms with van der Waals surface area (Å²) >= 11 is 0. The van der Waals surface area contributed by atoms with Gasteiger partial charge >= 0.3 is 5.97 Å².